The van der Waals surface area contributed by atoms with Crippen LogP contribution in [-0.2, 0) is 0 Å². The Morgan fingerprint density at radius 2 is 0.586 bits per heavy atom. The number of halogens is 1. The van der Waals surface area contributed by atoms with Crippen LogP contribution in [0.25, 0.3) is 51.5 Å². The van der Waals surface area contributed by atoms with Crippen LogP contribution in [0.1, 0.15) is 69.8 Å². The second kappa shape index (κ2) is 43.0. The predicted molar refractivity (Wildman–Crippen MR) is 584 cm³/mol. The summed E-state index contributed by atoms with van der Waals surface area (Å²) >= 11 is 6.14. The monoisotopic (exact) mass is 1890 g/mol. The molecule has 2 saturated carbocycles. The van der Waals surface area contributed by atoms with Gasteiger partial charge in [-0.05, 0) is 295 Å². The first-order valence-electron chi connectivity index (χ1n) is 46.4. The van der Waals surface area contributed by atoms with E-state index in [-0.39, 0.29) is 7.92 Å². The van der Waals surface area contributed by atoms with Crippen LogP contribution in [-0.4, -0.2) is 18.4 Å². The van der Waals surface area contributed by atoms with Crippen molar-refractivity contribution >= 4 is 196 Å². The number of para-hydroxylation sites is 8. The van der Waals surface area contributed by atoms with Crippen molar-refractivity contribution in [3.63, 3.8) is 0 Å². The molecule has 0 atom stereocenters. The van der Waals surface area contributed by atoms with E-state index in [1.165, 1.54) is 131 Å². The number of thiophene rings is 2. The first kappa shape index (κ1) is 88.4. The molecule has 2 aliphatic carbocycles. The Hall–Kier alpha value is -13.8. The number of hydrogen-bond acceptors (Lipinski definition) is 9. The summed E-state index contributed by atoms with van der Waals surface area (Å²) in [5.74, 6) is 1.02. The number of anilines is 17. The van der Waals surface area contributed by atoms with Crippen molar-refractivity contribution in [1.82, 2.24) is 0 Å². The van der Waals surface area contributed by atoms with Gasteiger partial charge < -0.3 is 34.6 Å². The molecule has 2 fully saturated rings. The predicted octanol–water partition coefficient (Wildman–Crippen LogP) is 36.9. The number of aryl methyl sites for hydroxylation is 1. The molecular weight excluding hydrogens is 1790 g/mol. The Kier molecular flexibility index (Phi) is 28.6. The van der Waals surface area contributed by atoms with Crippen LogP contribution in [0.4, 0.5) is 96.7 Å². The number of benzene rings is 18. The first-order chi connectivity index (χ1) is 65.8. The molecule has 20 aromatic rings. The maximum absolute atomic E-state index is 5.81. The van der Waals surface area contributed by atoms with E-state index < -0.39 is 0 Å². The zero-order valence-electron chi connectivity index (χ0n) is 75.0. The van der Waals surface area contributed by atoms with Gasteiger partial charge in [0.25, 0.3) is 0 Å². The molecule has 0 saturated heterocycles. The van der Waals surface area contributed by atoms with E-state index in [2.05, 4.69) is 508 Å². The van der Waals surface area contributed by atoms with Crippen LogP contribution in [0.2, 0.25) is 0 Å². The van der Waals surface area contributed by atoms with Crippen LogP contribution in [0, 0.1) is 10.5 Å². The van der Waals surface area contributed by atoms with Gasteiger partial charge in [0, 0.05) is 136 Å². The summed E-state index contributed by atoms with van der Waals surface area (Å²) in [5.41, 5.74) is 24.6. The van der Waals surface area contributed by atoms with Gasteiger partial charge in [0.2, 0.25) is 0 Å². The van der Waals surface area contributed by atoms with E-state index >= 15 is 0 Å². The van der Waals surface area contributed by atoms with Crippen LogP contribution >= 0.6 is 53.2 Å². The van der Waals surface area contributed by atoms with Gasteiger partial charge in [-0.3, -0.25) is 0 Å². The highest BCUT2D eigenvalue weighted by Gasteiger charge is 2.35. The van der Waals surface area contributed by atoms with Crippen molar-refractivity contribution in [3.05, 3.63) is 476 Å². The molecule has 2 heterocycles. The molecule has 0 radical (unpaired) electrons. The van der Waals surface area contributed by atoms with E-state index in [9.17, 15) is 0 Å². The van der Waals surface area contributed by atoms with E-state index in [0.717, 1.165) is 108 Å². The summed E-state index contributed by atoms with van der Waals surface area (Å²) < 4.78 is 12.5. The molecule has 18 aromatic carbocycles. The fourth-order valence-corrected chi connectivity index (χ4v) is 26.1. The number of ether oxygens (including phenoxy) is 1. The normalized spacial score (nSPS) is 12.6. The third-order valence-corrected chi connectivity index (χ3v) is 32.4. The largest absolute Gasteiger partial charge is 0.496 e. The average Bonchev–Trinajstić information content (AvgIpc) is 1.64. The highest BCUT2D eigenvalue weighted by Crippen LogP contribution is 2.58. The Bertz CT molecular complexity index is 7060. The van der Waals surface area contributed by atoms with E-state index in [1.54, 1.807) is 5.30 Å². The third-order valence-electron chi connectivity index (χ3n) is 25.2. The smallest absolute Gasteiger partial charge is 0.126 e. The van der Waals surface area contributed by atoms with Crippen molar-refractivity contribution in [1.29, 1.82) is 0 Å². The molecule has 7 nitrogen and oxygen atoms in total. The van der Waals surface area contributed by atoms with E-state index in [1.807, 2.05) is 48.0 Å². The Balaban J connectivity index is 0.000000124. The Labute approximate surface area is 806 Å². The molecule has 1 N–H and O–H groups in total. The number of methoxy groups -OCH3 is 1. The molecule has 11 heteroatoms. The molecule has 0 amide bonds. The lowest BCUT2D eigenvalue weighted by molar-refractivity contribution is 0.416. The van der Waals surface area contributed by atoms with E-state index in [0.29, 0.717) is 0 Å². The van der Waals surface area contributed by atoms with Gasteiger partial charge in [-0.15, -0.1) is 22.7 Å². The topological polar surface area (TPSA) is 37.5 Å². The molecule has 0 unspecified atom stereocenters. The van der Waals surface area contributed by atoms with Crippen LogP contribution in [0.5, 0.6) is 5.75 Å². The maximum atomic E-state index is 5.81. The quantitative estimate of drug-likeness (QED) is 0.0535. The van der Waals surface area contributed by atoms with E-state index in [4.69, 9.17) is 4.74 Å². The molecule has 2 aromatic heterocycles. The molecule has 654 valence electrons. The summed E-state index contributed by atoms with van der Waals surface area (Å²) in [4.78, 5) is 11.6. The van der Waals surface area contributed by atoms with Crippen molar-refractivity contribution in [2.24, 2.45) is 0 Å². The zero-order valence-corrected chi connectivity index (χ0v) is 79.7. The van der Waals surface area contributed by atoms with Gasteiger partial charge in [-0.1, -0.05) is 301 Å². The molecule has 2 aliphatic rings. The highest BCUT2D eigenvalue weighted by atomic mass is 127. The fourth-order valence-electron chi connectivity index (χ4n) is 19.0. The minimum atomic E-state index is -0.122. The number of fused-ring (bicyclic) bond motifs is 6. The van der Waals surface area contributed by atoms with Crippen molar-refractivity contribution in [3.8, 4) is 16.9 Å². The molecular formula is C122H106IN6OPS2. The zero-order chi connectivity index (χ0) is 89.9. The molecule has 0 spiro atoms. The summed E-state index contributed by atoms with van der Waals surface area (Å²) in [6, 6.07) is 165. The van der Waals surface area contributed by atoms with Gasteiger partial charge in [-0.25, -0.2) is 0 Å². The summed E-state index contributed by atoms with van der Waals surface area (Å²) in [5, 5.41) is 10.5. The lowest BCUT2D eigenvalue weighted by Gasteiger charge is -2.39. The van der Waals surface area contributed by atoms with Gasteiger partial charge in [-0.2, -0.15) is 0 Å². The highest BCUT2D eigenvalue weighted by molar-refractivity contribution is 14.1. The summed E-state index contributed by atoms with van der Waals surface area (Å²) in [6.07, 6.45) is 14.4. The lowest BCUT2D eigenvalue weighted by atomic mass is 9.99. The fraction of sp³-hybridized carbons (Fsp3) is 0.115. The molecule has 0 aliphatic heterocycles. The second-order valence-corrected chi connectivity index (χ2v) is 39.8. The second-order valence-electron chi connectivity index (χ2n) is 33.7. The Morgan fingerprint density at radius 1 is 0.278 bits per heavy atom. The third kappa shape index (κ3) is 20.5. The summed E-state index contributed by atoms with van der Waals surface area (Å²) in [7, 11) is 1.69. The van der Waals surface area contributed by atoms with Crippen molar-refractivity contribution in [2.45, 2.75) is 82.4 Å². The maximum Gasteiger partial charge on any atom is 0.126 e. The van der Waals surface area contributed by atoms with Crippen LogP contribution in [0.3, 0.4) is 0 Å². The molecule has 0 bridgehead atoms. The van der Waals surface area contributed by atoms with Gasteiger partial charge in [0.15, 0.2) is 0 Å². The average molecular weight is 1890 g/mol. The summed E-state index contributed by atoms with van der Waals surface area (Å²) in [6.45, 7) is 2.23. The number of nitrogens with zero attached hydrogens (tertiary/aromatic N) is 5. The SMILES string of the molecule is COc1cccc(C)c1-c1ccccc1P(C1CCCCC1)C1CCCCC1.Ic1cccc2c1sc1ccccc12.c1ccc(N(c2ccccc2)c2cccc(N(c3ccccc3)c3ccc(N(c4ccccc4)c4cccc5c4sc4ccccc45)cc3)c2)cc1.c1ccc(Nc2ccc(N(c3ccccc3)c3cccc(N(c4ccccc4)c4ccccc4)c3)cc2)cc1. The number of nitrogens with one attached hydrogen (secondary N) is 1. The molecule has 133 heavy (non-hydrogen) atoms. The minimum absolute atomic E-state index is 0.122. The van der Waals surface area contributed by atoms with Gasteiger partial charge in [0.1, 0.15) is 5.75 Å². The lowest BCUT2D eigenvalue weighted by Crippen LogP contribution is -2.27. The standard InChI is InChI=1S/C48H35N3S.C36H29N3.C26H35OP.C12H7IS/c1-5-17-36(18-6-1)49(37-19-7-2-8-20-37)42-25-15-26-43(35-42)50(38-21-9-3-10-22-38)40-31-33-41(34-32-40)51(39-23-11-4-12-24-39)46-29-16-28-45-44-27-13-14-30-47(44)52-48(45)46;1-5-14-29(15-6-1)37-30-24-26-34(27-25-30)39(33-20-11-4-12-21-33)36-23-13-22-35(28-36)38(31-16-7-2-8-17-31)32-18-9-3-10-19-32;1-20-12-11-18-24(27-2)26(20)23-17-9-10-19-25(23)28(21-13-5-3-6-14-21)22-15-7-4-8-16-22;13-10-6-3-5-9-8-4-1-2-7-11(8)14-12(9)10/h1-35H;1-28,37H;9-12,17-19,21-22H,3-8,13-16H2,1-2H3;1-7H. The van der Waals surface area contributed by atoms with Crippen LogP contribution < -0.4 is 39.9 Å². The van der Waals surface area contributed by atoms with Crippen molar-refractivity contribution < 1.29 is 4.74 Å². The Morgan fingerprint density at radius 3 is 1.02 bits per heavy atom. The minimum Gasteiger partial charge on any atom is -0.496 e. The van der Waals surface area contributed by atoms with Gasteiger partial charge in [0.05, 0.1) is 17.5 Å². The molecule has 22 rings (SSSR count). The number of rotatable bonds is 22. The van der Waals surface area contributed by atoms with Gasteiger partial charge >= 0.3 is 0 Å². The van der Waals surface area contributed by atoms with Crippen molar-refractivity contribution in [2.75, 3.05) is 36.9 Å². The first-order valence-corrected chi connectivity index (χ1v) is 50.6. The van der Waals surface area contributed by atoms with Crippen LogP contribution in [0.15, 0.2) is 467 Å². The number of hydrogen-bond donors (Lipinski definition) is 1.